The summed E-state index contributed by atoms with van der Waals surface area (Å²) in [5.41, 5.74) is 2.19. The summed E-state index contributed by atoms with van der Waals surface area (Å²) in [6.07, 6.45) is 0.582. The molecule has 0 saturated carbocycles. The van der Waals surface area contributed by atoms with Crippen molar-refractivity contribution in [3.63, 3.8) is 0 Å². The number of aryl methyl sites for hydroxylation is 1. The second kappa shape index (κ2) is 7.35. The molecule has 5 nitrogen and oxygen atoms in total. The van der Waals surface area contributed by atoms with E-state index in [9.17, 15) is 4.79 Å². The number of thiophene rings is 1. The van der Waals surface area contributed by atoms with E-state index in [1.54, 1.807) is 12.0 Å². The number of ether oxygens (including phenoxy) is 2. The fourth-order valence-electron chi connectivity index (χ4n) is 4.43. The summed E-state index contributed by atoms with van der Waals surface area (Å²) in [4.78, 5) is 18.0. The quantitative estimate of drug-likeness (QED) is 0.489. The zero-order valence-corrected chi connectivity index (χ0v) is 19.1. The van der Waals surface area contributed by atoms with Crippen LogP contribution in [0, 0.1) is 6.92 Å². The van der Waals surface area contributed by atoms with Gasteiger partial charge in [-0.2, -0.15) is 0 Å². The van der Waals surface area contributed by atoms with Gasteiger partial charge in [0.05, 0.1) is 18.0 Å². The SMILES string of the molecule is COc1cccc2c1OC1(C)CC2N(C(=O)c2cccs2)C(=S)N1c1ccc(C)cc1. The number of methoxy groups -OCH3 is 1. The molecule has 1 aromatic heterocycles. The van der Waals surface area contributed by atoms with E-state index in [0.717, 1.165) is 16.8 Å². The van der Waals surface area contributed by atoms with Gasteiger partial charge in [0.1, 0.15) is 0 Å². The molecule has 7 heteroatoms. The number of para-hydroxylation sites is 1. The topological polar surface area (TPSA) is 42.0 Å². The van der Waals surface area contributed by atoms with Crippen LogP contribution in [0.15, 0.2) is 60.0 Å². The van der Waals surface area contributed by atoms with Crippen molar-refractivity contribution in [3.05, 3.63) is 76.0 Å². The molecule has 5 rings (SSSR count). The molecule has 2 aromatic carbocycles. The van der Waals surface area contributed by atoms with Gasteiger partial charge in [0.15, 0.2) is 22.3 Å². The molecule has 3 aromatic rings. The average Bonchev–Trinajstić information content (AvgIpc) is 3.29. The van der Waals surface area contributed by atoms with Gasteiger partial charge in [-0.25, -0.2) is 0 Å². The zero-order chi connectivity index (χ0) is 21.8. The van der Waals surface area contributed by atoms with Gasteiger partial charge in [-0.3, -0.25) is 14.6 Å². The molecule has 0 spiro atoms. The maximum atomic E-state index is 13.6. The smallest absolute Gasteiger partial charge is 0.270 e. The third kappa shape index (κ3) is 3.11. The highest BCUT2D eigenvalue weighted by molar-refractivity contribution is 7.80. The van der Waals surface area contributed by atoms with Crippen molar-refractivity contribution in [1.29, 1.82) is 0 Å². The third-order valence-corrected chi connectivity index (χ3v) is 7.14. The van der Waals surface area contributed by atoms with Crippen LogP contribution in [-0.4, -0.2) is 28.8 Å². The molecule has 1 amide bonds. The summed E-state index contributed by atoms with van der Waals surface area (Å²) in [5.74, 6) is 1.21. The molecule has 0 radical (unpaired) electrons. The number of thiocarbonyl (C=S) groups is 1. The molecule has 2 aliphatic heterocycles. The molecule has 0 N–H and O–H groups in total. The second-order valence-corrected chi connectivity index (χ2v) is 9.29. The standard InChI is InChI=1S/C24H22N2O3S2/c1-15-9-11-16(12-10-15)26-23(30)25(22(27)20-8-5-13-31-20)18-14-24(26,2)29-21-17(18)6-4-7-19(21)28-3/h4-13,18H,14H2,1-3H3. The molecule has 2 bridgehead atoms. The fourth-order valence-corrected chi connectivity index (χ4v) is 5.60. The minimum Gasteiger partial charge on any atom is -0.493 e. The molecule has 158 valence electrons. The molecule has 1 saturated heterocycles. The summed E-state index contributed by atoms with van der Waals surface area (Å²) in [5, 5.41) is 2.35. The van der Waals surface area contributed by atoms with Gasteiger partial charge >= 0.3 is 0 Å². The normalized spacial score (nSPS) is 22.0. The minimum absolute atomic E-state index is 0.0974. The molecular formula is C24H22N2O3S2. The molecule has 3 heterocycles. The van der Waals surface area contributed by atoms with Gasteiger partial charge in [-0.05, 0) is 55.7 Å². The van der Waals surface area contributed by atoms with Crippen LogP contribution in [0.4, 0.5) is 5.69 Å². The predicted octanol–water partition coefficient (Wildman–Crippen LogP) is 5.55. The maximum Gasteiger partial charge on any atom is 0.270 e. The van der Waals surface area contributed by atoms with Crippen molar-refractivity contribution in [1.82, 2.24) is 4.90 Å². The Morgan fingerprint density at radius 3 is 2.65 bits per heavy atom. The third-order valence-electron chi connectivity index (χ3n) is 5.91. The van der Waals surface area contributed by atoms with Crippen molar-refractivity contribution in [2.24, 2.45) is 0 Å². The molecule has 31 heavy (non-hydrogen) atoms. The summed E-state index contributed by atoms with van der Waals surface area (Å²) in [6, 6.07) is 17.4. The van der Waals surface area contributed by atoms with Gasteiger partial charge < -0.3 is 9.47 Å². The summed E-state index contributed by atoms with van der Waals surface area (Å²) >= 11 is 7.37. The Morgan fingerprint density at radius 2 is 1.97 bits per heavy atom. The number of anilines is 1. The summed E-state index contributed by atoms with van der Waals surface area (Å²) in [7, 11) is 1.63. The molecule has 2 unspecified atom stereocenters. The van der Waals surface area contributed by atoms with Crippen molar-refractivity contribution < 1.29 is 14.3 Å². The van der Waals surface area contributed by atoms with E-state index in [1.165, 1.54) is 11.3 Å². The first-order valence-corrected chi connectivity index (χ1v) is 11.4. The first kappa shape index (κ1) is 20.0. The van der Waals surface area contributed by atoms with E-state index in [1.807, 2.05) is 78.7 Å². The highest BCUT2D eigenvalue weighted by Crippen LogP contribution is 2.52. The van der Waals surface area contributed by atoms with Crippen molar-refractivity contribution >= 4 is 40.3 Å². The van der Waals surface area contributed by atoms with E-state index < -0.39 is 5.72 Å². The first-order valence-electron chi connectivity index (χ1n) is 10.1. The summed E-state index contributed by atoms with van der Waals surface area (Å²) < 4.78 is 12.2. The van der Waals surface area contributed by atoms with Gasteiger partial charge in [0.2, 0.25) is 0 Å². The Bertz CT molecular complexity index is 1160. The van der Waals surface area contributed by atoms with E-state index in [4.69, 9.17) is 21.7 Å². The zero-order valence-electron chi connectivity index (χ0n) is 17.5. The number of carbonyl (C=O) groups is 1. The number of amides is 1. The fraction of sp³-hybridized carbons (Fsp3) is 0.250. The number of nitrogens with zero attached hydrogens (tertiary/aromatic N) is 2. The Kier molecular flexibility index (Phi) is 4.75. The van der Waals surface area contributed by atoms with Crippen LogP contribution in [0.5, 0.6) is 11.5 Å². The number of hydrogen-bond donors (Lipinski definition) is 0. The van der Waals surface area contributed by atoms with Crippen LogP contribution >= 0.6 is 23.6 Å². The molecule has 2 atom stereocenters. The number of fused-ring (bicyclic) bond motifs is 4. The van der Waals surface area contributed by atoms with Gasteiger partial charge in [0.25, 0.3) is 5.91 Å². The monoisotopic (exact) mass is 450 g/mol. The number of rotatable bonds is 3. The number of carbonyl (C=O) groups excluding carboxylic acids is 1. The first-order chi connectivity index (χ1) is 14.9. The van der Waals surface area contributed by atoms with Crippen LogP contribution in [0.25, 0.3) is 0 Å². The van der Waals surface area contributed by atoms with Gasteiger partial charge in [0, 0.05) is 17.7 Å². The van der Waals surface area contributed by atoms with E-state index in [2.05, 4.69) is 0 Å². The lowest BCUT2D eigenvalue weighted by molar-refractivity contribution is 0.0164. The van der Waals surface area contributed by atoms with Crippen LogP contribution in [0.3, 0.4) is 0 Å². The predicted molar refractivity (Wildman–Crippen MR) is 126 cm³/mol. The van der Waals surface area contributed by atoms with Crippen molar-refractivity contribution in [2.45, 2.75) is 32.0 Å². The summed E-state index contributed by atoms with van der Waals surface area (Å²) in [6.45, 7) is 4.06. The lowest BCUT2D eigenvalue weighted by Gasteiger charge is -2.55. The Labute approximate surface area is 190 Å². The minimum atomic E-state index is -0.759. The highest BCUT2D eigenvalue weighted by Gasteiger charge is 2.54. The van der Waals surface area contributed by atoms with Gasteiger partial charge in [-0.15, -0.1) is 11.3 Å². The van der Waals surface area contributed by atoms with Crippen LogP contribution in [0.2, 0.25) is 0 Å². The molecule has 0 aliphatic carbocycles. The van der Waals surface area contributed by atoms with E-state index in [-0.39, 0.29) is 11.9 Å². The highest BCUT2D eigenvalue weighted by atomic mass is 32.1. The second-order valence-electron chi connectivity index (χ2n) is 7.98. The molecular weight excluding hydrogens is 428 g/mol. The van der Waals surface area contributed by atoms with Crippen molar-refractivity contribution in [3.8, 4) is 11.5 Å². The molecule has 2 aliphatic rings. The lowest BCUT2D eigenvalue weighted by Crippen LogP contribution is -2.67. The Hall–Kier alpha value is -2.90. The van der Waals surface area contributed by atoms with Crippen molar-refractivity contribution in [2.75, 3.05) is 12.0 Å². The Morgan fingerprint density at radius 1 is 1.19 bits per heavy atom. The maximum absolute atomic E-state index is 13.6. The van der Waals surface area contributed by atoms with Crippen LogP contribution in [0.1, 0.15) is 40.2 Å². The van der Waals surface area contributed by atoms with Gasteiger partial charge in [-0.1, -0.05) is 35.9 Å². The Balaban J connectivity index is 1.70. The number of hydrogen-bond acceptors (Lipinski definition) is 5. The largest absolute Gasteiger partial charge is 0.493 e. The van der Waals surface area contributed by atoms with Crippen LogP contribution < -0.4 is 14.4 Å². The number of benzene rings is 2. The average molecular weight is 451 g/mol. The van der Waals surface area contributed by atoms with E-state index >= 15 is 0 Å². The molecule has 1 fully saturated rings. The van der Waals surface area contributed by atoms with Crippen LogP contribution in [-0.2, 0) is 0 Å². The lowest BCUT2D eigenvalue weighted by atomic mass is 9.88. The van der Waals surface area contributed by atoms with E-state index in [0.29, 0.717) is 27.9 Å².